The van der Waals surface area contributed by atoms with Crippen molar-refractivity contribution in [3.8, 4) is 0 Å². The summed E-state index contributed by atoms with van der Waals surface area (Å²) in [4.78, 5) is 61.3. The number of hydrogen-bond donors (Lipinski definition) is 0. The molecule has 0 saturated carbocycles. The first kappa shape index (κ1) is 21.9. The Balaban J connectivity index is 1.72. The fraction of sp³-hybridized carbons (Fsp3) is 0.706. The minimum atomic E-state index is -0.936. The van der Waals surface area contributed by atoms with Crippen molar-refractivity contribution >= 4 is 11.9 Å². The van der Waals surface area contributed by atoms with Crippen molar-refractivity contribution in [1.82, 2.24) is 13.7 Å². The summed E-state index contributed by atoms with van der Waals surface area (Å²) < 4.78 is 26.8. The highest BCUT2D eigenvalue weighted by atomic mass is 16.6. The van der Waals surface area contributed by atoms with Crippen LogP contribution >= 0.6 is 0 Å². The van der Waals surface area contributed by atoms with Crippen LogP contribution in [-0.4, -0.2) is 71.4 Å². The molecule has 3 heterocycles. The maximum Gasteiger partial charge on any atom is 0.338 e. The van der Waals surface area contributed by atoms with E-state index in [0.717, 1.165) is 9.13 Å². The van der Waals surface area contributed by atoms with E-state index >= 15 is 0 Å². The molecule has 1 aromatic rings. The normalized spacial score (nSPS) is 19.4. The summed E-state index contributed by atoms with van der Waals surface area (Å²) in [5.74, 6) is -1.22. The number of methoxy groups -OCH3 is 1. The Kier molecular flexibility index (Phi) is 7.18. The van der Waals surface area contributed by atoms with Crippen molar-refractivity contribution in [1.29, 1.82) is 0 Å². The predicted octanol–water partition coefficient (Wildman–Crippen LogP) is -2.56. The number of nitrogens with zero attached hydrogens (tertiary/aromatic N) is 3. The van der Waals surface area contributed by atoms with E-state index in [4.69, 9.17) is 23.7 Å². The molecule has 2 aliphatic heterocycles. The Morgan fingerprint density at radius 1 is 0.833 bits per heavy atom. The molecule has 166 valence electrons. The average Bonchev–Trinajstić information content (AvgIpc) is 3.62. The third-order valence-corrected chi connectivity index (χ3v) is 4.39. The van der Waals surface area contributed by atoms with Crippen LogP contribution in [0.3, 0.4) is 0 Å². The molecule has 0 radical (unpaired) electrons. The van der Waals surface area contributed by atoms with Gasteiger partial charge in [0.15, 0.2) is 0 Å². The lowest BCUT2D eigenvalue weighted by Crippen LogP contribution is -2.55. The van der Waals surface area contributed by atoms with E-state index in [-0.39, 0.29) is 51.4 Å². The van der Waals surface area contributed by atoms with Gasteiger partial charge in [0.2, 0.25) is 0 Å². The summed E-state index contributed by atoms with van der Waals surface area (Å²) in [6.45, 7) is 0.269. The largest absolute Gasteiger partial charge is 0.463 e. The number of esters is 2. The zero-order valence-corrected chi connectivity index (χ0v) is 16.4. The maximum atomic E-state index is 12.7. The molecule has 2 saturated heterocycles. The fourth-order valence-corrected chi connectivity index (χ4v) is 2.56. The van der Waals surface area contributed by atoms with E-state index < -0.39 is 35.7 Å². The van der Waals surface area contributed by atoms with E-state index in [1.165, 1.54) is 7.11 Å². The number of ether oxygens (including phenoxy) is 5. The van der Waals surface area contributed by atoms with Gasteiger partial charge in [0.1, 0.15) is 32.2 Å². The Bertz CT molecular complexity index is 884. The van der Waals surface area contributed by atoms with Gasteiger partial charge in [0, 0.05) is 20.2 Å². The van der Waals surface area contributed by atoms with Crippen LogP contribution in [0.4, 0.5) is 0 Å². The molecule has 2 atom stereocenters. The van der Waals surface area contributed by atoms with Gasteiger partial charge in [-0.15, -0.1) is 0 Å². The Morgan fingerprint density at radius 2 is 1.23 bits per heavy atom. The van der Waals surface area contributed by atoms with Crippen molar-refractivity contribution < 1.29 is 33.3 Å². The van der Waals surface area contributed by atoms with Crippen LogP contribution < -0.4 is 17.1 Å². The second kappa shape index (κ2) is 9.82. The van der Waals surface area contributed by atoms with Crippen LogP contribution in [0.1, 0.15) is 12.8 Å². The van der Waals surface area contributed by atoms with E-state index in [0.29, 0.717) is 17.8 Å². The summed E-state index contributed by atoms with van der Waals surface area (Å²) >= 11 is 0. The first-order valence-corrected chi connectivity index (χ1v) is 9.38. The lowest BCUT2D eigenvalue weighted by atomic mass is 10.4. The lowest BCUT2D eigenvalue weighted by molar-refractivity contribution is -0.145. The highest BCUT2D eigenvalue weighted by Crippen LogP contribution is 2.09. The molecular formula is C17H23N3O10. The van der Waals surface area contributed by atoms with Crippen LogP contribution in [0.15, 0.2) is 14.4 Å². The first-order valence-electron chi connectivity index (χ1n) is 9.38. The fourth-order valence-electron chi connectivity index (χ4n) is 2.56. The molecule has 1 aromatic heterocycles. The molecular weight excluding hydrogens is 406 g/mol. The maximum absolute atomic E-state index is 12.7. The zero-order chi connectivity index (χ0) is 21.7. The number of aromatic nitrogens is 3. The van der Waals surface area contributed by atoms with Gasteiger partial charge in [-0.1, -0.05) is 0 Å². The predicted molar refractivity (Wildman–Crippen MR) is 96.9 cm³/mol. The van der Waals surface area contributed by atoms with Crippen molar-refractivity contribution in [3.63, 3.8) is 0 Å². The monoisotopic (exact) mass is 429 g/mol. The zero-order valence-electron chi connectivity index (χ0n) is 16.4. The molecule has 13 nitrogen and oxygen atoms in total. The average molecular weight is 429 g/mol. The van der Waals surface area contributed by atoms with Gasteiger partial charge in [0.05, 0.1) is 26.1 Å². The van der Waals surface area contributed by atoms with Gasteiger partial charge in [-0.2, -0.15) is 0 Å². The van der Waals surface area contributed by atoms with Gasteiger partial charge in [-0.05, 0) is 0 Å². The molecule has 2 unspecified atom stereocenters. The standard InChI is InChI=1S/C17H23N3O10/c1-26-10-20-16(24)18(4-2-13(21)29-8-11-6-27-11)15(23)19(17(20)25)5-3-14(22)30-9-12-7-28-12/h11-12H,2-10H2,1H3. The Labute approximate surface area is 169 Å². The second-order valence-corrected chi connectivity index (χ2v) is 6.77. The van der Waals surface area contributed by atoms with Crippen molar-refractivity contribution in [2.24, 2.45) is 0 Å². The Morgan fingerprint density at radius 3 is 1.60 bits per heavy atom. The molecule has 0 bridgehead atoms. The molecule has 30 heavy (non-hydrogen) atoms. The highest BCUT2D eigenvalue weighted by Gasteiger charge is 2.25. The van der Waals surface area contributed by atoms with Gasteiger partial charge in [-0.25, -0.2) is 28.1 Å². The lowest BCUT2D eigenvalue weighted by Gasteiger charge is -2.13. The van der Waals surface area contributed by atoms with E-state index in [9.17, 15) is 24.0 Å². The van der Waals surface area contributed by atoms with Gasteiger partial charge in [-0.3, -0.25) is 9.59 Å². The summed E-state index contributed by atoms with van der Waals surface area (Å²) in [6, 6.07) is 0. The van der Waals surface area contributed by atoms with Crippen LogP contribution in [-0.2, 0) is 53.1 Å². The Hall–Kier alpha value is -2.77. The van der Waals surface area contributed by atoms with E-state index in [1.54, 1.807) is 0 Å². The number of carbonyl (C=O) groups is 2. The summed E-state index contributed by atoms with van der Waals surface area (Å²) in [5.41, 5.74) is -2.78. The molecule has 0 aliphatic carbocycles. The topological polar surface area (TPSA) is 153 Å². The summed E-state index contributed by atoms with van der Waals surface area (Å²) in [6.07, 6.45) is -0.722. The quantitative estimate of drug-likeness (QED) is 0.256. The molecule has 13 heteroatoms. The van der Waals surface area contributed by atoms with Crippen LogP contribution in [0.5, 0.6) is 0 Å². The molecule has 3 rings (SSSR count). The summed E-state index contributed by atoms with van der Waals surface area (Å²) in [5, 5.41) is 0. The smallest absolute Gasteiger partial charge is 0.338 e. The van der Waals surface area contributed by atoms with Gasteiger partial charge in [0.25, 0.3) is 0 Å². The third-order valence-electron chi connectivity index (χ3n) is 4.39. The van der Waals surface area contributed by atoms with Gasteiger partial charge >= 0.3 is 29.0 Å². The van der Waals surface area contributed by atoms with Crippen LogP contribution in [0.2, 0.25) is 0 Å². The van der Waals surface area contributed by atoms with Crippen LogP contribution in [0, 0.1) is 0 Å². The molecule has 0 amide bonds. The third kappa shape index (κ3) is 5.87. The first-order chi connectivity index (χ1) is 14.4. The number of hydrogen-bond acceptors (Lipinski definition) is 10. The minimum absolute atomic E-state index is 0.106. The van der Waals surface area contributed by atoms with Crippen molar-refractivity contribution in [3.05, 3.63) is 31.5 Å². The SMILES string of the molecule is COCn1c(=O)n(CCC(=O)OCC2CO2)c(=O)n(CCC(=O)OCC2CO2)c1=O. The number of carbonyl (C=O) groups excluding carboxylic acids is 2. The molecule has 0 N–H and O–H groups in total. The molecule has 2 fully saturated rings. The minimum Gasteiger partial charge on any atom is -0.463 e. The molecule has 2 aliphatic rings. The molecule has 0 aromatic carbocycles. The van der Waals surface area contributed by atoms with E-state index in [2.05, 4.69) is 0 Å². The summed E-state index contributed by atoms with van der Waals surface area (Å²) in [7, 11) is 1.28. The number of rotatable bonds is 12. The number of epoxide rings is 2. The van der Waals surface area contributed by atoms with Crippen molar-refractivity contribution in [2.45, 2.75) is 44.9 Å². The van der Waals surface area contributed by atoms with Gasteiger partial charge < -0.3 is 23.7 Å². The second-order valence-electron chi connectivity index (χ2n) is 6.77. The van der Waals surface area contributed by atoms with E-state index in [1.807, 2.05) is 0 Å². The van der Waals surface area contributed by atoms with Crippen LogP contribution in [0.25, 0.3) is 0 Å². The van der Waals surface area contributed by atoms with Crippen molar-refractivity contribution in [2.75, 3.05) is 33.5 Å². The highest BCUT2D eigenvalue weighted by molar-refractivity contribution is 5.69. The molecule has 0 spiro atoms.